The van der Waals surface area contributed by atoms with E-state index in [0.717, 1.165) is 65.3 Å². The van der Waals surface area contributed by atoms with E-state index in [0.29, 0.717) is 0 Å². The van der Waals surface area contributed by atoms with E-state index in [1.165, 1.54) is 0 Å². The van der Waals surface area contributed by atoms with Crippen molar-refractivity contribution in [3.05, 3.63) is 0 Å². The van der Waals surface area contributed by atoms with Crippen molar-refractivity contribution in [1.82, 2.24) is 15.1 Å². The number of nitrogens with one attached hydrogen (secondary N) is 1. The minimum atomic E-state index is 0.105. The first-order chi connectivity index (χ1) is 7.86. The number of urea groups is 1. The van der Waals surface area contributed by atoms with Crippen LogP contribution in [0.3, 0.4) is 0 Å². The first-order valence-corrected chi connectivity index (χ1v) is 6.19. The third-order valence-electron chi connectivity index (χ3n) is 3.17. The lowest BCUT2D eigenvalue weighted by Gasteiger charge is -2.30. The highest BCUT2D eigenvalue weighted by atomic mass is 16.5. The Morgan fingerprint density at radius 1 is 1.19 bits per heavy atom. The smallest absolute Gasteiger partial charge is 0.317 e. The SMILES string of the molecule is O=C1NCCCN1CCCN1CCOCC1. The molecule has 2 aliphatic rings. The van der Waals surface area contributed by atoms with Crippen LogP contribution in [0.25, 0.3) is 0 Å². The molecular weight excluding hydrogens is 206 g/mol. The van der Waals surface area contributed by atoms with Gasteiger partial charge in [-0.2, -0.15) is 0 Å². The Morgan fingerprint density at radius 2 is 2.00 bits per heavy atom. The van der Waals surface area contributed by atoms with Crippen LogP contribution in [0.2, 0.25) is 0 Å². The molecule has 0 saturated carbocycles. The molecule has 0 radical (unpaired) electrons. The van der Waals surface area contributed by atoms with Crippen molar-refractivity contribution in [3.63, 3.8) is 0 Å². The molecule has 92 valence electrons. The van der Waals surface area contributed by atoms with Crippen LogP contribution in [0.5, 0.6) is 0 Å². The Kier molecular flexibility index (Phi) is 4.42. The minimum absolute atomic E-state index is 0.105. The molecule has 5 nitrogen and oxygen atoms in total. The van der Waals surface area contributed by atoms with Crippen molar-refractivity contribution >= 4 is 6.03 Å². The number of hydrogen-bond acceptors (Lipinski definition) is 3. The van der Waals surface area contributed by atoms with E-state index in [1.54, 1.807) is 0 Å². The lowest BCUT2D eigenvalue weighted by Crippen LogP contribution is -2.47. The zero-order chi connectivity index (χ0) is 11.2. The van der Waals surface area contributed by atoms with Crippen molar-refractivity contribution in [3.8, 4) is 0 Å². The van der Waals surface area contributed by atoms with Crippen LogP contribution in [0.15, 0.2) is 0 Å². The van der Waals surface area contributed by atoms with Crippen molar-refractivity contribution in [2.45, 2.75) is 12.8 Å². The van der Waals surface area contributed by atoms with Gasteiger partial charge >= 0.3 is 6.03 Å². The summed E-state index contributed by atoms with van der Waals surface area (Å²) in [5.41, 5.74) is 0. The first kappa shape index (κ1) is 11.7. The minimum Gasteiger partial charge on any atom is -0.379 e. The van der Waals surface area contributed by atoms with Crippen LogP contribution in [0.1, 0.15) is 12.8 Å². The maximum absolute atomic E-state index is 11.5. The maximum Gasteiger partial charge on any atom is 0.317 e. The molecule has 0 aromatic heterocycles. The molecular formula is C11H21N3O2. The molecule has 2 saturated heterocycles. The molecule has 0 unspecified atom stereocenters. The van der Waals surface area contributed by atoms with E-state index in [9.17, 15) is 4.79 Å². The Morgan fingerprint density at radius 3 is 2.75 bits per heavy atom. The van der Waals surface area contributed by atoms with Gasteiger partial charge in [-0.25, -0.2) is 4.79 Å². The predicted octanol–water partition coefficient (Wildman–Crippen LogP) is 0.124. The summed E-state index contributed by atoms with van der Waals surface area (Å²) < 4.78 is 5.30. The lowest BCUT2D eigenvalue weighted by molar-refractivity contribution is 0.0364. The summed E-state index contributed by atoms with van der Waals surface area (Å²) >= 11 is 0. The van der Waals surface area contributed by atoms with Crippen LogP contribution in [0.4, 0.5) is 4.79 Å². The van der Waals surface area contributed by atoms with E-state index in [1.807, 2.05) is 4.90 Å². The molecule has 16 heavy (non-hydrogen) atoms. The van der Waals surface area contributed by atoms with Gasteiger partial charge in [0.2, 0.25) is 0 Å². The molecule has 2 aliphatic heterocycles. The van der Waals surface area contributed by atoms with Gasteiger partial charge in [-0.15, -0.1) is 0 Å². The number of amides is 2. The van der Waals surface area contributed by atoms with Gasteiger partial charge in [-0.3, -0.25) is 4.90 Å². The molecule has 0 aromatic rings. The Balaban J connectivity index is 1.61. The number of nitrogens with zero attached hydrogens (tertiary/aromatic N) is 2. The highest BCUT2D eigenvalue weighted by Gasteiger charge is 2.17. The number of carbonyl (C=O) groups excluding carboxylic acids is 1. The summed E-state index contributed by atoms with van der Waals surface area (Å²) in [6.07, 6.45) is 2.14. The standard InChI is InChI=1S/C11H21N3O2/c15-11-12-3-1-5-14(11)6-2-4-13-7-9-16-10-8-13/h1-10H2,(H,12,15). The number of rotatable bonds is 4. The average Bonchev–Trinajstić information content (AvgIpc) is 2.33. The summed E-state index contributed by atoms with van der Waals surface area (Å²) in [4.78, 5) is 15.8. The van der Waals surface area contributed by atoms with Gasteiger partial charge in [0.15, 0.2) is 0 Å². The molecule has 2 rings (SSSR count). The Bertz CT molecular complexity index is 229. The Hall–Kier alpha value is -0.810. The van der Waals surface area contributed by atoms with E-state index >= 15 is 0 Å². The topological polar surface area (TPSA) is 44.8 Å². The fourth-order valence-corrected chi connectivity index (χ4v) is 2.20. The van der Waals surface area contributed by atoms with Crippen LogP contribution >= 0.6 is 0 Å². The molecule has 2 heterocycles. The van der Waals surface area contributed by atoms with Gasteiger partial charge in [-0.1, -0.05) is 0 Å². The van der Waals surface area contributed by atoms with Crippen LogP contribution in [-0.2, 0) is 4.74 Å². The van der Waals surface area contributed by atoms with E-state index in [-0.39, 0.29) is 6.03 Å². The maximum atomic E-state index is 11.5. The highest BCUT2D eigenvalue weighted by Crippen LogP contribution is 2.03. The summed E-state index contributed by atoms with van der Waals surface area (Å²) in [7, 11) is 0. The normalized spacial score (nSPS) is 23.2. The quantitative estimate of drug-likeness (QED) is 0.742. The molecule has 0 aromatic carbocycles. The Labute approximate surface area is 96.7 Å². The lowest BCUT2D eigenvalue weighted by atomic mass is 10.3. The summed E-state index contributed by atoms with van der Waals surface area (Å²) in [6.45, 7) is 7.47. The second-order valence-electron chi connectivity index (χ2n) is 4.38. The van der Waals surface area contributed by atoms with Crippen molar-refractivity contribution in [2.75, 3.05) is 52.5 Å². The van der Waals surface area contributed by atoms with Crippen LogP contribution in [-0.4, -0.2) is 68.3 Å². The molecule has 0 atom stereocenters. The predicted molar refractivity (Wildman–Crippen MR) is 61.5 cm³/mol. The molecule has 2 amide bonds. The van der Waals surface area contributed by atoms with E-state index in [2.05, 4.69) is 10.2 Å². The van der Waals surface area contributed by atoms with Gasteiger partial charge in [0.05, 0.1) is 13.2 Å². The summed E-state index contributed by atoms with van der Waals surface area (Å²) in [5.74, 6) is 0. The molecule has 0 bridgehead atoms. The third kappa shape index (κ3) is 3.35. The van der Waals surface area contributed by atoms with Gasteiger partial charge in [0.25, 0.3) is 0 Å². The number of carbonyl (C=O) groups is 1. The van der Waals surface area contributed by atoms with Gasteiger partial charge in [0.1, 0.15) is 0 Å². The first-order valence-electron chi connectivity index (χ1n) is 6.19. The largest absolute Gasteiger partial charge is 0.379 e. The number of hydrogen-bond donors (Lipinski definition) is 1. The number of ether oxygens (including phenoxy) is 1. The fourth-order valence-electron chi connectivity index (χ4n) is 2.20. The third-order valence-corrected chi connectivity index (χ3v) is 3.17. The van der Waals surface area contributed by atoms with Crippen molar-refractivity contribution in [2.24, 2.45) is 0 Å². The molecule has 0 aliphatic carbocycles. The van der Waals surface area contributed by atoms with Crippen LogP contribution < -0.4 is 5.32 Å². The molecule has 1 N–H and O–H groups in total. The molecule has 0 spiro atoms. The van der Waals surface area contributed by atoms with Crippen molar-refractivity contribution in [1.29, 1.82) is 0 Å². The zero-order valence-corrected chi connectivity index (χ0v) is 9.78. The highest BCUT2D eigenvalue weighted by molar-refractivity contribution is 5.74. The van der Waals surface area contributed by atoms with Gasteiger partial charge < -0.3 is 15.0 Å². The van der Waals surface area contributed by atoms with E-state index < -0.39 is 0 Å². The zero-order valence-electron chi connectivity index (χ0n) is 9.78. The summed E-state index contributed by atoms with van der Waals surface area (Å²) in [6, 6.07) is 0.105. The van der Waals surface area contributed by atoms with Gasteiger partial charge in [0, 0.05) is 39.3 Å². The monoisotopic (exact) mass is 227 g/mol. The average molecular weight is 227 g/mol. The molecule has 2 fully saturated rings. The van der Waals surface area contributed by atoms with Gasteiger partial charge in [-0.05, 0) is 12.8 Å². The molecule has 5 heteroatoms. The second kappa shape index (κ2) is 6.06. The number of morpholine rings is 1. The van der Waals surface area contributed by atoms with Crippen molar-refractivity contribution < 1.29 is 9.53 Å². The fraction of sp³-hybridized carbons (Fsp3) is 0.909. The van der Waals surface area contributed by atoms with E-state index in [4.69, 9.17) is 4.74 Å². The summed E-state index contributed by atoms with van der Waals surface area (Å²) in [5, 5.41) is 2.87. The second-order valence-corrected chi connectivity index (χ2v) is 4.38. The van der Waals surface area contributed by atoms with Crippen LogP contribution in [0, 0.1) is 0 Å².